The van der Waals surface area contributed by atoms with Crippen molar-refractivity contribution in [2.75, 3.05) is 0 Å². The Bertz CT molecular complexity index is 819. The van der Waals surface area contributed by atoms with Crippen molar-refractivity contribution in [2.45, 2.75) is 13.8 Å². The van der Waals surface area contributed by atoms with Crippen LogP contribution in [-0.2, 0) is 9.59 Å². The zero-order valence-electron chi connectivity index (χ0n) is 14.7. The second-order valence-corrected chi connectivity index (χ2v) is 5.49. The van der Waals surface area contributed by atoms with Crippen LogP contribution in [0.25, 0.3) is 5.57 Å². The van der Waals surface area contributed by atoms with Crippen LogP contribution < -0.4 is 5.73 Å². The van der Waals surface area contributed by atoms with Crippen molar-refractivity contribution < 1.29 is 14.7 Å². The summed E-state index contributed by atoms with van der Waals surface area (Å²) in [7, 11) is 0. The van der Waals surface area contributed by atoms with Gasteiger partial charge in [0.15, 0.2) is 0 Å². The van der Waals surface area contributed by atoms with Gasteiger partial charge in [-0.3, -0.25) is 4.79 Å². The van der Waals surface area contributed by atoms with Gasteiger partial charge in [-0.15, -0.1) is 0 Å². The molecule has 0 aliphatic heterocycles. The van der Waals surface area contributed by atoms with Crippen LogP contribution in [0.15, 0.2) is 83.1 Å². The van der Waals surface area contributed by atoms with Crippen molar-refractivity contribution >= 4 is 28.8 Å². The van der Waals surface area contributed by atoms with Crippen LogP contribution in [0.4, 0.5) is 11.4 Å². The number of carboxylic acids is 1. The minimum atomic E-state index is -1.03. The molecule has 0 heterocycles. The quantitative estimate of drug-likeness (QED) is 0.605. The Kier molecular flexibility index (Phi) is 8.16. The summed E-state index contributed by atoms with van der Waals surface area (Å²) in [5, 5.41) is 17.0. The summed E-state index contributed by atoms with van der Waals surface area (Å²) < 4.78 is 0. The normalized spacial score (nSPS) is 9.77. The molecule has 3 N–H and O–H groups in total. The van der Waals surface area contributed by atoms with Gasteiger partial charge in [-0.2, -0.15) is 10.2 Å². The van der Waals surface area contributed by atoms with Crippen LogP contribution in [0, 0.1) is 0 Å². The van der Waals surface area contributed by atoms with Crippen LogP contribution in [0.2, 0.25) is 0 Å². The molecule has 0 aliphatic rings. The van der Waals surface area contributed by atoms with Gasteiger partial charge in [-0.25, -0.2) is 4.79 Å². The van der Waals surface area contributed by atoms with Crippen molar-refractivity contribution in [2.24, 2.45) is 16.0 Å². The lowest BCUT2D eigenvalue weighted by Gasteiger charge is -2.00. The van der Waals surface area contributed by atoms with Crippen molar-refractivity contribution in [1.82, 2.24) is 0 Å². The summed E-state index contributed by atoms with van der Waals surface area (Å²) in [6, 6.07) is 16.1. The van der Waals surface area contributed by atoms with Crippen molar-refractivity contribution in [3.8, 4) is 0 Å². The predicted octanol–water partition coefficient (Wildman–Crippen LogP) is 4.64. The molecule has 0 fully saturated rings. The van der Waals surface area contributed by atoms with Crippen LogP contribution in [0.1, 0.15) is 19.4 Å². The molecular weight excluding hydrogens is 330 g/mol. The van der Waals surface area contributed by atoms with Crippen LogP contribution in [-0.4, -0.2) is 17.0 Å². The van der Waals surface area contributed by atoms with Gasteiger partial charge in [-0.1, -0.05) is 42.5 Å². The number of aliphatic carboxylic acids is 1. The van der Waals surface area contributed by atoms with Gasteiger partial charge in [0.25, 0.3) is 0 Å². The molecule has 0 atom stereocenters. The maximum absolute atomic E-state index is 10.8. The van der Waals surface area contributed by atoms with E-state index in [1.165, 1.54) is 6.08 Å². The third-order valence-corrected chi connectivity index (χ3v) is 2.94. The van der Waals surface area contributed by atoms with E-state index in [2.05, 4.69) is 16.8 Å². The first kappa shape index (κ1) is 20.5. The molecule has 6 nitrogen and oxygen atoms in total. The lowest BCUT2D eigenvalue weighted by atomic mass is 10.1. The van der Waals surface area contributed by atoms with Gasteiger partial charge in [0.2, 0.25) is 5.91 Å². The molecule has 0 saturated carbocycles. The molecular formula is C20H21N3O3. The topological polar surface area (TPSA) is 105 Å². The molecule has 2 rings (SSSR count). The lowest BCUT2D eigenvalue weighted by Crippen LogP contribution is -2.05. The molecule has 0 unspecified atom stereocenters. The fraction of sp³-hybridized carbons (Fsp3) is 0.100. The van der Waals surface area contributed by atoms with Gasteiger partial charge in [-0.05, 0) is 43.7 Å². The first-order valence-corrected chi connectivity index (χ1v) is 7.73. The average Bonchev–Trinajstić information content (AvgIpc) is 2.60. The number of rotatable bonds is 5. The SMILES string of the molecule is C=C(C(=O)O)c1ccc(N=Nc2ccccc2)cc1.CC(C)=CC(N)=O. The second kappa shape index (κ2) is 10.4. The summed E-state index contributed by atoms with van der Waals surface area (Å²) in [6.07, 6.45) is 1.39. The number of azo groups is 1. The van der Waals surface area contributed by atoms with Crippen LogP contribution >= 0.6 is 0 Å². The number of benzene rings is 2. The number of primary amides is 1. The highest BCUT2D eigenvalue weighted by Gasteiger charge is 2.06. The number of nitrogens with two attached hydrogens (primary N) is 1. The summed E-state index contributed by atoms with van der Waals surface area (Å²) in [4.78, 5) is 20.7. The van der Waals surface area contributed by atoms with E-state index in [1.807, 2.05) is 44.2 Å². The van der Waals surface area contributed by atoms with E-state index >= 15 is 0 Å². The molecule has 0 aliphatic carbocycles. The zero-order chi connectivity index (χ0) is 19.5. The molecule has 2 aromatic carbocycles. The number of carbonyl (C=O) groups is 2. The molecule has 134 valence electrons. The molecule has 26 heavy (non-hydrogen) atoms. The van der Waals surface area contributed by atoms with Crippen LogP contribution in [0.5, 0.6) is 0 Å². The van der Waals surface area contributed by atoms with Crippen molar-refractivity contribution in [1.29, 1.82) is 0 Å². The number of nitrogens with zero attached hydrogens (tertiary/aromatic N) is 2. The van der Waals surface area contributed by atoms with E-state index in [1.54, 1.807) is 24.3 Å². The van der Waals surface area contributed by atoms with Gasteiger partial charge < -0.3 is 10.8 Å². The van der Waals surface area contributed by atoms with Crippen molar-refractivity contribution in [3.05, 3.63) is 78.4 Å². The number of hydrogen-bond acceptors (Lipinski definition) is 4. The monoisotopic (exact) mass is 351 g/mol. The smallest absolute Gasteiger partial charge is 0.335 e. The number of carbonyl (C=O) groups excluding carboxylic acids is 1. The maximum Gasteiger partial charge on any atom is 0.335 e. The number of allylic oxidation sites excluding steroid dienone is 1. The highest BCUT2D eigenvalue weighted by atomic mass is 16.4. The number of hydrogen-bond donors (Lipinski definition) is 2. The Morgan fingerprint density at radius 2 is 1.46 bits per heavy atom. The van der Waals surface area contributed by atoms with E-state index in [4.69, 9.17) is 10.8 Å². The minimum Gasteiger partial charge on any atom is -0.478 e. The summed E-state index contributed by atoms with van der Waals surface area (Å²) in [5.41, 5.74) is 7.76. The highest BCUT2D eigenvalue weighted by molar-refractivity contribution is 6.14. The fourth-order valence-electron chi connectivity index (χ4n) is 1.75. The van der Waals surface area contributed by atoms with Crippen LogP contribution in [0.3, 0.4) is 0 Å². The molecule has 0 spiro atoms. The van der Waals surface area contributed by atoms with Gasteiger partial charge in [0.1, 0.15) is 0 Å². The number of carboxylic acid groups (broad SMARTS) is 1. The predicted molar refractivity (Wildman–Crippen MR) is 102 cm³/mol. The van der Waals surface area contributed by atoms with E-state index in [9.17, 15) is 9.59 Å². The Labute approximate surface area is 152 Å². The third-order valence-electron chi connectivity index (χ3n) is 2.94. The maximum atomic E-state index is 10.8. The average molecular weight is 351 g/mol. The van der Waals surface area contributed by atoms with E-state index in [-0.39, 0.29) is 11.5 Å². The Hall–Kier alpha value is -3.54. The number of amides is 1. The summed E-state index contributed by atoms with van der Waals surface area (Å²) in [5.74, 6) is -1.40. The van der Waals surface area contributed by atoms with Crippen molar-refractivity contribution in [3.63, 3.8) is 0 Å². The molecule has 0 aromatic heterocycles. The summed E-state index contributed by atoms with van der Waals surface area (Å²) >= 11 is 0. The largest absolute Gasteiger partial charge is 0.478 e. The third kappa shape index (κ3) is 7.83. The summed E-state index contributed by atoms with van der Waals surface area (Å²) in [6.45, 7) is 7.14. The lowest BCUT2D eigenvalue weighted by molar-refractivity contribution is -0.130. The second-order valence-electron chi connectivity index (χ2n) is 5.49. The highest BCUT2D eigenvalue weighted by Crippen LogP contribution is 2.20. The first-order valence-electron chi connectivity index (χ1n) is 7.73. The zero-order valence-corrected chi connectivity index (χ0v) is 14.7. The van der Waals surface area contributed by atoms with Gasteiger partial charge in [0.05, 0.1) is 16.9 Å². The Balaban J connectivity index is 0.000000412. The molecule has 0 bridgehead atoms. The molecule has 6 heteroatoms. The standard InChI is InChI=1S/C15H12N2O2.C5H9NO/c1-11(15(18)19)12-7-9-14(10-8-12)17-16-13-5-3-2-4-6-13;1-4(2)3-5(6)7/h2-10H,1H2,(H,18,19);3H,1-2H3,(H2,6,7). The fourth-order valence-corrected chi connectivity index (χ4v) is 1.75. The van der Waals surface area contributed by atoms with Gasteiger partial charge in [0, 0.05) is 6.08 Å². The minimum absolute atomic E-state index is 0.0616. The van der Waals surface area contributed by atoms with E-state index in [0.717, 1.165) is 11.3 Å². The van der Waals surface area contributed by atoms with E-state index in [0.29, 0.717) is 11.3 Å². The molecule has 0 radical (unpaired) electrons. The first-order chi connectivity index (χ1) is 12.3. The molecule has 2 aromatic rings. The molecule has 0 saturated heterocycles. The van der Waals surface area contributed by atoms with E-state index < -0.39 is 5.97 Å². The molecule has 1 amide bonds. The Morgan fingerprint density at radius 1 is 0.962 bits per heavy atom. The van der Waals surface area contributed by atoms with Gasteiger partial charge >= 0.3 is 5.97 Å². The Morgan fingerprint density at radius 3 is 1.85 bits per heavy atom.